The standard InChI is InChI=1S/C22H29ClN6O3/c1-12(11-32-4)27-19-21(31)29-15(9-22(2,3)16(29)17(23)28-19)20(30)26-10-13-5-7-14(8-6-13)18(24)25/h5-8,12,15H,9-11H2,1-4H3,(H3,24,25)(H,26,30)(H,27,28)/t12?,15-/m0/s1. The van der Waals surface area contributed by atoms with Crippen LogP contribution in [0.5, 0.6) is 0 Å². The van der Waals surface area contributed by atoms with E-state index in [0.717, 1.165) is 5.56 Å². The van der Waals surface area contributed by atoms with E-state index in [9.17, 15) is 9.59 Å². The van der Waals surface area contributed by atoms with Gasteiger partial charge in [-0.25, -0.2) is 4.98 Å². The molecule has 0 fully saturated rings. The van der Waals surface area contributed by atoms with Crippen molar-refractivity contribution < 1.29 is 9.53 Å². The Morgan fingerprint density at radius 3 is 2.66 bits per heavy atom. The van der Waals surface area contributed by atoms with Gasteiger partial charge in [-0.15, -0.1) is 0 Å². The first-order chi connectivity index (χ1) is 15.0. The quantitative estimate of drug-likeness (QED) is 0.352. The molecule has 1 unspecified atom stereocenters. The van der Waals surface area contributed by atoms with Gasteiger partial charge in [0.2, 0.25) is 5.91 Å². The number of nitrogens with zero attached hydrogens (tertiary/aromatic N) is 2. The highest BCUT2D eigenvalue weighted by Gasteiger charge is 2.44. The molecule has 0 aliphatic carbocycles. The van der Waals surface area contributed by atoms with Gasteiger partial charge in [0.15, 0.2) is 11.0 Å². The summed E-state index contributed by atoms with van der Waals surface area (Å²) < 4.78 is 6.57. The second-order valence-corrected chi connectivity index (χ2v) is 9.07. The van der Waals surface area contributed by atoms with Crippen LogP contribution in [0, 0.1) is 5.41 Å². The predicted octanol–water partition coefficient (Wildman–Crippen LogP) is 2.17. The zero-order valence-electron chi connectivity index (χ0n) is 18.7. The summed E-state index contributed by atoms with van der Waals surface area (Å²) in [6.45, 7) is 6.42. The monoisotopic (exact) mass is 460 g/mol. The summed E-state index contributed by atoms with van der Waals surface area (Å²) in [6, 6.07) is 6.20. The summed E-state index contributed by atoms with van der Waals surface area (Å²) in [5.74, 6) is -0.189. The number of nitrogen functional groups attached to an aromatic ring is 1. The highest BCUT2D eigenvalue weighted by Crippen LogP contribution is 2.42. The number of amides is 1. The molecule has 32 heavy (non-hydrogen) atoms. The Hall–Kier alpha value is -2.91. The van der Waals surface area contributed by atoms with Gasteiger partial charge in [0.25, 0.3) is 5.56 Å². The maximum Gasteiger partial charge on any atom is 0.294 e. The smallest absolute Gasteiger partial charge is 0.294 e. The molecule has 2 aromatic rings. The third-order valence-electron chi connectivity index (χ3n) is 5.56. The maximum absolute atomic E-state index is 13.3. The minimum Gasteiger partial charge on any atom is -0.384 e. The number of carbonyl (C=O) groups is 1. The van der Waals surface area contributed by atoms with Crippen molar-refractivity contribution in [3.8, 4) is 0 Å². The van der Waals surface area contributed by atoms with Crippen LogP contribution in [0.25, 0.3) is 0 Å². The van der Waals surface area contributed by atoms with Crippen LogP contribution in [-0.2, 0) is 21.5 Å². The Bertz CT molecular complexity index is 1080. The number of hydrogen-bond acceptors (Lipinski definition) is 6. The van der Waals surface area contributed by atoms with Gasteiger partial charge in [-0.1, -0.05) is 49.7 Å². The van der Waals surface area contributed by atoms with Crippen molar-refractivity contribution in [2.45, 2.75) is 51.2 Å². The molecule has 0 saturated carbocycles. The molecular formula is C22H29ClN6O3. The van der Waals surface area contributed by atoms with E-state index in [1.165, 1.54) is 4.57 Å². The van der Waals surface area contributed by atoms with Gasteiger partial charge in [-0.2, -0.15) is 0 Å². The minimum absolute atomic E-state index is 0.0144. The van der Waals surface area contributed by atoms with E-state index in [1.54, 1.807) is 31.4 Å². The Morgan fingerprint density at radius 2 is 2.06 bits per heavy atom. The zero-order valence-corrected chi connectivity index (χ0v) is 19.4. The van der Waals surface area contributed by atoms with Crippen molar-refractivity contribution in [2.24, 2.45) is 5.73 Å². The van der Waals surface area contributed by atoms with Crippen molar-refractivity contribution in [1.29, 1.82) is 5.41 Å². The molecule has 3 rings (SSSR count). The molecule has 0 bridgehead atoms. The lowest BCUT2D eigenvalue weighted by atomic mass is 9.87. The van der Waals surface area contributed by atoms with Gasteiger partial charge in [0, 0.05) is 30.7 Å². The van der Waals surface area contributed by atoms with Gasteiger partial charge >= 0.3 is 0 Å². The van der Waals surface area contributed by atoms with Crippen LogP contribution < -0.4 is 21.9 Å². The molecule has 1 aliphatic heterocycles. The Kier molecular flexibility index (Phi) is 6.90. The highest BCUT2D eigenvalue weighted by molar-refractivity contribution is 6.30. The first kappa shape index (κ1) is 23.7. The van der Waals surface area contributed by atoms with Crippen molar-refractivity contribution in [2.75, 3.05) is 19.0 Å². The number of rotatable bonds is 8. The number of methoxy groups -OCH3 is 1. The lowest BCUT2D eigenvalue weighted by Gasteiger charge is -2.20. The largest absolute Gasteiger partial charge is 0.384 e. The molecule has 10 heteroatoms. The van der Waals surface area contributed by atoms with E-state index < -0.39 is 11.5 Å². The summed E-state index contributed by atoms with van der Waals surface area (Å²) in [4.78, 5) is 30.7. The number of nitrogens with two attached hydrogens (primary N) is 1. The number of carbonyl (C=O) groups excluding carboxylic acids is 1. The normalized spacial score (nSPS) is 17.5. The van der Waals surface area contributed by atoms with Crippen LogP contribution in [0.2, 0.25) is 5.15 Å². The minimum atomic E-state index is -0.706. The van der Waals surface area contributed by atoms with Crippen LogP contribution in [-0.4, -0.2) is 41.1 Å². The predicted molar refractivity (Wildman–Crippen MR) is 124 cm³/mol. The lowest BCUT2D eigenvalue weighted by Crippen LogP contribution is -2.37. The van der Waals surface area contributed by atoms with Crippen LogP contribution in [0.15, 0.2) is 29.1 Å². The first-order valence-electron chi connectivity index (χ1n) is 10.3. The first-order valence-corrected chi connectivity index (χ1v) is 10.7. The number of hydrogen-bond donors (Lipinski definition) is 4. The highest BCUT2D eigenvalue weighted by atomic mass is 35.5. The van der Waals surface area contributed by atoms with Gasteiger partial charge in [0.1, 0.15) is 11.9 Å². The number of ether oxygens (including phenoxy) is 1. The number of benzene rings is 1. The molecule has 2 heterocycles. The number of aromatic nitrogens is 2. The number of fused-ring (bicyclic) bond motifs is 1. The second kappa shape index (κ2) is 9.30. The Labute approximate surface area is 191 Å². The molecular weight excluding hydrogens is 432 g/mol. The average Bonchev–Trinajstić information content (AvgIpc) is 3.02. The van der Waals surface area contributed by atoms with E-state index >= 15 is 0 Å². The summed E-state index contributed by atoms with van der Waals surface area (Å²) in [7, 11) is 1.57. The fourth-order valence-electron chi connectivity index (χ4n) is 4.03. The lowest BCUT2D eigenvalue weighted by molar-refractivity contribution is -0.124. The van der Waals surface area contributed by atoms with Gasteiger partial charge in [-0.3, -0.25) is 19.6 Å². The maximum atomic E-state index is 13.3. The molecule has 0 spiro atoms. The molecule has 2 atom stereocenters. The molecule has 1 aromatic heterocycles. The topological polar surface area (TPSA) is 135 Å². The van der Waals surface area contributed by atoms with Gasteiger partial charge < -0.3 is 21.1 Å². The van der Waals surface area contributed by atoms with Crippen LogP contribution in [0.1, 0.15) is 50.1 Å². The average molecular weight is 461 g/mol. The second-order valence-electron chi connectivity index (χ2n) is 8.71. The van der Waals surface area contributed by atoms with Crippen LogP contribution in [0.3, 0.4) is 0 Å². The van der Waals surface area contributed by atoms with E-state index in [-0.39, 0.29) is 40.9 Å². The summed E-state index contributed by atoms with van der Waals surface area (Å²) >= 11 is 6.47. The molecule has 1 aromatic carbocycles. The SMILES string of the molecule is COCC(C)Nc1nc(Cl)c2n(c1=O)[C@H](C(=O)NCc1ccc(C(=N)N)cc1)CC2(C)C. The number of nitrogens with one attached hydrogen (secondary N) is 3. The summed E-state index contributed by atoms with van der Waals surface area (Å²) in [5, 5.41) is 13.6. The molecule has 1 amide bonds. The van der Waals surface area contributed by atoms with E-state index in [0.29, 0.717) is 24.3 Å². The van der Waals surface area contributed by atoms with Crippen LogP contribution in [0.4, 0.5) is 5.82 Å². The number of anilines is 1. The summed E-state index contributed by atoms with van der Waals surface area (Å²) in [6.07, 6.45) is 0.426. The van der Waals surface area contributed by atoms with E-state index in [2.05, 4.69) is 15.6 Å². The van der Waals surface area contributed by atoms with Crippen LogP contribution >= 0.6 is 11.6 Å². The Morgan fingerprint density at radius 1 is 1.41 bits per heavy atom. The van der Waals surface area contributed by atoms with Crippen molar-refractivity contribution in [1.82, 2.24) is 14.9 Å². The molecule has 9 nitrogen and oxygen atoms in total. The van der Waals surface area contributed by atoms with Gasteiger partial charge in [0.05, 0.1) is 12.3 Å². The Balaban J connectivity index is 1.86. The fraction of sp³-hybridized carbons (Fsp3) is 0.455. The third kappa shape index (κ3) is 4.78. The molecule has 1 aliphatic rings. The molecule has 5 N–H and O–H groups in total. The molecule has 0 radical (unpaired) electrons. The van der Waals surface area contributed by atoms with Crippen molar-refractivity contribution >= 4 is 29.2 Å². The molecule has 172 valence electrons. The van der Waals surface area contributed by atoms with Gasteiger partial charge in [-0.05, 0) is 18.9 Å². The van der Waals surface area contributed by atoms with Crippen molar-refractivity contribution in [3.05, 3.63) is 56.6 Å². The molecule has 0 saturated heterocycles. The number of amidine groups is 1. The fourth-order valence-corrected chi connectivity index (χ4v) is 4.46. The summed E-state index contributed by atoms with van der Waals surface area (Å²) in [5.41, 5.74) is 6.63. The van der Waals surface area contributed by atoms with E-state index in [4.69, 9.17) is 27.5 Å². The third-order valence-corrected chi connectivity index (χ3v) is 5.82. The van der Waals surface area contributed by atoms with Crippen molar-refractivity contribution in [3.63, 3.8) is 0 Å². The number of halogens is 1. The zero-order chi connectivity index (χ0) is 23.6. The van der Waals surface area contributed by atoms with E-state index in [1.807, 2.05) is 20.8 Å².